The van der Waals surface area contributed by atoms with E-state index in [2.05, 4.69) is 0 Å². The van der Waals surface area contributed by atoms with Gasteiger partial charge in [0.2, 0.25) is 0 Å². The predicted octanol–water partition coefficient (Wildman–Crippen LogP) is 4.91. The largest absolute Gasteiger partial charge is 0.497 e. The molecule has 0 spiro atoms. The number of ether oxygens (including phenoxy) is 7. The quantitative estimate of drug-likeness (QED) is 0.314. The van der Waals surface area contributed by atoms with E-state index >= 15 is 0 Å². The van der Waals surface area contributed by atoms with E-state index in [0.717, 1.165) is 22.4 Å². The molecule has 7 heteroatoms. The predicted molar refractivity (Wildman–Crippen MR) is 142 cm³/mol. The van der Waals surface area contributed by atoms with Crippen LogP contribution in [0, 0.1) is 0 Å². The first kappa shape index (κ1) is 26.8. The Morgan fingerprint density at radius 3 is 1.58 bits per heavy atom. The van der Waals surface area contributed by atoms with Crippen LogP contribution in [0.3, 0.4) is 0 Å². The fourth-order valence-electron chi connectivity index (χ4n) is 4.84. The first-order chi connectivity index (χ1) is 18.7. The molecule has 0 aromatic heterocycles. The van der Waals surface area contributed by atoms with Crippen LogP contribution in [0.5, 0.6) is 5.75 Å². The molecule has 5 rings (SSSR count). The van der Waals surface area contributed by atoms with Gasteiger partial charge in [-0.15, -0.1) is 0 Å². The molecule has 7 nitrogen and oxygen atoms in total. The van der Waals surface area contributed by atoms with Gasteiger partial charge in [-0.1, -0.05) is 72.8 Å². The van der Waals surface area contributed by atoms with Crippen molar-refractivity contribution < 1.29 is 33.2 Å². The second-order valence-corrected chi connectivity index (χ2v) is 9.66. The summed E-state index contributed by atoms with van der Waals surface area (Å²) in [6, 6.07) is 28.0. The summed E-state index contributed by atoms with van der Waals surface area (Å²) in [5.41, 5.74) is 3.14. The number of rotatable bonds is 12. The van der Waals surface area contributed by atoms with Crippen molar-refractivity contribution in [3.8, 4) is 5.75 Å². The topological polar surface area (TPSA) is 67.9 Å². The minimum Gasteiger partial charge on any atom is -0.497 e. The first-order valence-electron chi connectivity index (χ1n) is 13.1. The van der Waals surface area contributed by atoms with Gasteiger partial charge in [0, 0.05) is 7.11 Å². The molecular weight excluding hydrogens is 484 g/mol. The number of hydrogen-bond donors (Lipinski definition) is 0. The summed E-state index contributed by atoms with van der Waals surface area (Å²) in [6.07, 6.45) is -2.46. The highest BCUT2D eigenvalue weighted by Gasteiger charge is 2.56. The number of hydrogen-bond acceptors (Lipinski definition) is 7. The normalized spacial score (nSPS) is 28.7. The molecule has 0 saturated carbocycles. The fraction of sp³-hybridized carbons (Fsp3) is 0.419. The van der Waals surface area contributed by atoms with Gasteiger partial charge in [0.05, 0.1) is 33.0 Å². The lowest BCUT2D eigenvalue weighted by Crippen LogP contribution is -2.62. The SMILES string of the molecule is COc1ccc(CO[C@@H]2[C@@H]([C@H]3O[C@@H]3C)O[C@H](OC)[C@H](OCc3ccccc3)[C@H]2OCc2ccccc2)cc1. The van der Waals surface area contributed by atoms with Crippen molar-refractivity contribution in [3.63, 3.8) is 0 Å². The van der Waals surface area contributed by atoms with E-state index in [-0.39, 0.29) is 18.3 Å². The van der Waals surface area contributed by atoms with E-state index in [1.807, 2.05) is 91.9 Å². The molecule has 202 valence electrons. The zero-order chi connectivity index (χ0) is 26.3. The molecule has 0 unspecified atom stereocenters. The van der Waals surface area contributed by atoms with Crippen molar-refractivity contribution in [1.29, 1.82) is 0 Å². The molecule has 38 heavy (non-hydrogen) atoms. The van der Waals surface area contributed by atoms with Gasteiger partial charge in [-0.3, -0.25) is 0 Å². The summed E-state index contributed by atoms with van der Waals surface area (Å²) >= 11 is 0. The van der Waals surface area contributed by atoms with E-state index in [1.165, 1.54) is 0 Å². The van der Waals surface area contributed by atoms with Gasteiger partial charge in [-0.2, -0.15) is 0 Å². The van der Waals surface area contributed by atoms with E-state index in [9.17, 15) is 0 Å². The minimum absolute atomic E-state index is 0.0705. The van der Waals surface area contributed by atoms with Crippen LogP contribution in [-0.4, -0.2) is 57.1 Å². The highest BCUT2D eigenvalue weighted by atomic mass is 16.7. The van der Waals surface area contributed by atoms with Crippen LogP contribution in [0.25, 0.3) is 0 Å². The Kier molecular flexibility index (Phi) is 9.06. The van der Waals surface area contributed by atoms with Gasteiger partial charge in [0.1, 0.15) is 36.3 Å². The average molecular weight is 521 g/mol. The third kappa shape index (κ3) is 6.61. The number of benzene rings is 3. The van der Waals surface area contributed by atoms with Gasteiger partial charge in [-0.25, -0.2) is 0 Å². The molecule has 0 radical (unpaired) electrons. The lowest BCUT2D eigenvalue weighted by atomic mass is 9.94. The Balaban J connectivity index is 1.40. The lowest BCUT2D eigenvalue weighted by Gasteiger charge is -2.45. The summed E-state index contributed by atoms with van der Waals surface area (Å²) in [6.45, 7) is 3.22. The summed E-state index contributed by atoms with van der Waals surface area (Å²) in [5.74, 6) is 0.800. The zero-order valence-electron chi connectivity index (χ0n) is 22.1. The summed E-state index contributed by atoms with van der Waals surface area (Å²) in [5, 5.41) is 0. The molecular formula is C31H36O7. The molecule has 2 fully saturated rings. The van der Waals surface area contributed by atoms with Gasteiger partial charge in [0.25, 0.3) is 0 Å². The molecule has 3 aromatic carbocycles. The van der Waals surface area contributed by atoms with Crippen LogP contribution < -0.4 is 4.74 Å². The van der Waals surface area contributed by atoms with Gasteiger partial charge in [0.15, 0.2) is 6.29 Å². The van der Waals surface area contributed by atoms with E-state index in [0.29, 0.717) is 19.8 Å². The Morgan fingerprint density at radius 1 is 0.579 bits per heavy atom. The van der Waals surface area contributed by atoms with Crippen molar-refractivity contribution >= 4 is 0 Å². The molecule has 2 aliphatic heterocycles. The molecule has 2 aliphatic rings. The van der Waals surface area contributed by atoms with Crippen LogP contribution in [0.15, 0.2) is 84.9 Å². The van der Waals surface area contributed by atoms with E-state index in [4.69, 9.17) is 33.2 Å². The summed E-state index contributed by atoms with van der Waals surface area (Å²) < 4.78 is 43.0. The highest BCUT2D eigenvalue weighted by Crippen LogP contribution is 2.38. The monoisotopic (exact) mass is 520 g/mol. The average Bonchev–Trinajstić information content (AvgIpc) is 3.71. The van der Waals surface area contributed by atoms with Gasteiger partial charge < -0.3 is 33.2 Å². The minimum atomic E-state index is -0.637. The van der Waals surface area contributed by atoms with Crippen molar-refractivity contribution in [3.05, 3.63) is 102 Å². The van der Waals surface area contributed by atoms with E-state index < -0.39 is 24.6 Å². The summed E-state index contributed by atoms with van der Waals surface area (Å²) in [4.78, 5) is 0. The molecule has 0 N–H and O–H groups in total. The molecule has 0 bridgehead atoms. The lowest BCUT2D eigenvalue weighted by molar-refractivity contribution is -0.320. The fourth-order valence-corrected chi connectivity index (χ4v) is 4.84. The maximum absolute atomic E-state index is 6.60. The van der Waals surface area contributed by atoms with Crippen molar-refractivity contribution in [1.82, 2.24) is 0 Å². The molecule has 7 atom stereocenters. The first-order valence-corrected chi connectivity index (χ1v) is 13.1. The van der Waals surface area contributed by atoms with Gasteiger partial charge in [-0.05, 0) is 35.7 Å². The molecule has 3 aromatic rings. The van der Waals surface area contributed by atoms with Crippen LogP contribution in [-0.2, 0) is 48.2 Å². The molecule has 0 amide bonds. The second-order valence-electron chi connectivity index (χ2n) is 9.66. The van der Waals surface area contributed by atoms with Crippen LogP contribution in [0.4, 0.5) is 0 Å². The van der Waals surface area contributed by atoms with Crippen LogP contribution >= 0.6 is 0 Å². The molecule has 2 saturated heterocycles. The summed E-state index contributed by atoms with van der Waals surface area (Å²) in [7, 11) is 3.29. The maximum atomic E-state index is 6.60. The number of methoxy groups -OCH3 is 2. The van der Waals surface area contributed by atoms with Gasteiger partial charge >= 0.3 is 0 Å². The smallest absolute Gasteiger partial charge is 0.186 e. The third-order valence-corrected chi connectivity index (χ3v) is 7.02. The molecule has 0 aliphatic carbocycles. The maximum Gasteiger partial charge on any atom is 0.186 e. The Bertz CT molecular complexity index is 1110. The number of epoxide rings is 1. The van der Waals surface area contributed by atoms with Crippen LogP contribution in [0.1, 0.15) is 23.6 Å². The zero-order valence-corrected chi connectivity index (χ0v) is 22.1. The standard InChI is InChI=1S/C31H36O7/c1-21-26(37-21)29-27(34-20-24-14-16-25(32-2)17-15-24)28(35-18-22-10-6-4-7-11-22)30(31(33-3)38-29)36-19-23-12-8-5-9-13-23/h4-17,21,26-31H,18-20H2,1-3H3/t21-,26+,27+,28+,29-,30-,31+/m1/s1. The molecule has 2 heterocycles. The third-order valence-electron chi connectivity index (χ3n) is 7.02. The Hall–Kier alpha value is -2.78. The van der Waals surface area contributed by atoms with Crippen LogP contribution in [0.2, 0.25) is 0 Å². The Labute approximate surface area is 224 Å². The van der Waals surface area contributed by atoms with Crippen molar-refractivity contribution in [2.24, 2.45) is 0 Å². The van der Waals surface area contributed by atoms with Crippen molar-refractivity contribution in [2.75, 3.05) is 14.2 Å². The van der Waals surface area contributed by atoms with Crippen molar-refractivity contribution in [2.45, 2.75) is 69.7 Å². The Morgan fingerprint density at radius 2 is 1.08 bits per heavy atom. The van der Waals surface area contributed by atoms with E-state index in [1.54, 1.807) is 14.2 Å². The highest BCUT2D eigenvalue weighted by molar-refractivity contribution is 5.26. The second kappa shape index (κ2) is 12.8.